The molecule has 0 atom stereocenters. The number of carbonyl (C=O) groups excluding carboxylic acids is 1. The zero-order valence-electron chi connectivity index (χ0n) is 12.7. The summed E-state index contributed by atoms with van der Waals surface area (Å²) in [7, 11) is 0. The van der Waals surface area contributed by atoms with Crippen LogP contribution in [-0.4, -0.2) is 5.91 Å². The quantitative estimate of drug-likeness (QED) is 0.713. The molecule has 0 radical (unpaired) electrons. The van der Waals surface area contributed by atoms with Crippen molar-refractivity contribution in [2.24, 2.45) is 0 Å². The summed E-state index contributed by atoms with van der Waals surface area (Å²) in [6, 6.07) is 17.9. The highest BCUT2D eigenvalue weighted by Gasteiger charge is 2.12. The van der Waals surface area contributed by atoms with Crippen molar-refractivity contribution in [1.29, 1.82) is 0 Å². The molecule has 3 rings (SSSR count). The molecule has 0 aliphatic carbocycles. The first-order valence-electron chi connectivity index (χ1n) is 7.41. The molecule has 24 heavy (non-hydrogen) atoms. The molecule has 0 saturated carbocycles. The van der Waals surface area contributed by atoms with Crippen LogP contribution in [0, 0.1) is 5.82 Å². The van der Waals surface area contributed by atoms with Gasteiger partial charge in [0.15, 0.2) is 12.4 Å². The van der Waals surface area contributed by atoms with E-state index < -0.39 is 5.82 Å². The summed E-state index contributed by atoms with van der Waals surface area (Å²) >= 11 is 5.71. The monoisotopic (exact) mass is 341 g/mol. The Morgan fingerprint density at radius 2 is 1.79 bits per heavy atom. The second kappa shape index (κ2) is 7.23. The number of hydrogen-bond acceptors (Lipinski definition) is 1. The zero-order chi connectivity index (χ0) is 16.9. The summed E-state index contributed by atoms with van der Waals surface area (Å²) in [4.78, 5) is 12.2. The van der Waals surface area contributed by atoms with Gasteiger partial charge in [-0.15, -0.1) is 0 Å². The van der Waals surface area contributed by atoms with Gasteiger partial charge in [0, 0.05) is 17.3 Å². The van der Waals surface area contributed by atoms with Gasteiger partial charge in [-0.2, -0.15) is 4.57 Å². The molecule has 1 aromatic heterocycles. The first-order valence-corrected chi connectivity index (χ1v) is 7.79. The van der Waals surface area contributed by atoms with Gasteiger partial charge in [-0.3, -0.25) is 4.79 Å². The molecule has 3 nitrogen and oxygen atoms in total. The Labute approximate surface area is 144 Å². The molecule has 0 unspecified atom stereocenters. The lowest BCUT2D eigenvalue weighted by Gasteiger charge is -2.05. The molecule has 5 heteroatoms. The average Bonchev–Trinajstić information content (AvgIpc) is 2.59. The predicted octanol–water partition coefficient (Wildman–Crippen LogP) is 4.07. The van der Waals surface area contributed by atoms with E-state index in [0.29, 0.717) is 5.69 Å². The van der Waals surface area contributed by atoms with Crippen molar-refractivity contribution in [2.45, 2.75) is 6.54 Å². The van der Waals surface area contributed by atoms with E-state index in [4.69, 9.17) is 11.6 Å². The van der Waals surface area contributed by atoms with Crippen molar-refractivity contribution < 1.29 is 13.8 Å². The third-order valence-corrected chi connectivity index (χ3v) is 3.78. The number of halogens is 2. The van der Waals surface area contributed by atoms with Crippen LogP contribution in [0.25, 0.3) is 11.1 Å². The summed E-state index contributed by atoms with van der Waals surface area (Å²) in [6.07, 6.45) is 3.73. The van der Waals surface area contributed by atoms with Crippen molar-refractivity contribution in [1.82, 2.24) is 0 Å². The van der Waals surface area contributed by atoms with E-state index >= 15 is 0 Å². The molecule has 1 N–H and O–H groups in total. The molecule has 1 heterocycles. The Balaban J connectivity index is 1.71. The van der Waals surface area contributed by atoms with E-state index in [2.05, 4.69) is 5.32 Å². The van der Waals surface area contributed by atoms with Crippen LogP contribution in [-0.2, 0) is 11.3 Å². The minimum atomic E-state index is -0.514. The lowest BCUT2D eigenvalue weighted by atomic mass is 10.1. The van der Waals surface area contributed by atoms with Crippen molar-refractivity contribution >= 4 is 23.2 Å². The molecule has 0 aliphatic rings. The molecule has 1 amide bonds. The topological polar surface area (TPSA) is 33.0 Å². The molecule has 0 fully saturated rings. The summed E-state index contributed by atoms with van der Waals surface area (Å²) in [5.41, 5.74) is 2.57. The molecule has 0 aliphatic heterocycles. The fourth-order valence-corrected chi connectivity index (χ4v) is 2.54. The predicted molar refractivity (Wildman–Crippen MR) is 92.1 cm³/mol. The summed E-state index contributed by atoms with van der Waals surface area (Å²) in [5, 5.41) is 2.69. The normalized spacial score (nSPS) is 10.4. The number of nitrogens with zero attached hydrogens (tertiary/aromatic N) is 1. The Morgan fingerprint density at radius 1 is 1.04 bits per heavy atom. The van der Waals surface area contributed by atoms with Crippen molar-refractivity contribution in [2.75, 3.05) is 5.32 Å². The van der Waals surface area contributed by atoms with Crippen LogP contribution in [0.1, 0.15) is 0 Å². The number of anilines is 1. The van der Waals surface area contributed by atoms with Gasteiger partial charge < -0.3 is 5.32 Å². The van der Waals surface area contributed by atoms with Crippen LogP contribution in [0.5, 0.6) is 0 Å². The van der Waals surface area contributed by atoms with Crippen LogP contribution in [0.3, 0.4) is 0 Å². The maximum absolute atomic E-state index is 13.1. The van der Waals surface area contributed by atoms with Gasteiger partial charge in [-0.1, -0.05) is 41.9 Å². The van der Waals surface area contributed by atoms with Crippen LogP contribution >= 0.6 is 11.6 Å². The van der Waals surface area contributed by atoms with Crippen LogP contribution in [0.15, 0.2) is 73.1 Å². The fraction of sp³-hybridized carbons (Fsp3) is 0.0526. The highest BCUT2D eigenvalue weighted by atomic mass is 35.5. The van der Waals surface area contributed by atoms with Gasteiger partial charge in [0.2, 0.25) is 6.54 Å². The molecule has 2 aromatic carbocycles. The number of pyridine rings is 1. The highest BCUT2D eigenvalue weighted by molar-refractivity contribution is 6.31. The number of aromatic nitrogens is 1. The van der Waals surface area contributed by atoms with E-state index in [1.807, 2.05) is 54.9 Å². The largest absolute Gasteiger partial charge is 0.321 e. The van der Waals surface area contributed by atoms with Gasteiger partial charge in [-0.25, -0.2) is 4.39 Å². The third kappa shape index (κ3) is 3.97. The van der Waals surface area contributed by atoms with Crippen LogP contribution in [0.2, 0.25) is 5.02 Å². The van der Waals surface area contributed by atoms with Gasteiger partial charge >= 0.3 is 0 Å². The van der Waals surface area contributed by atoms with Crippen LogP contribution in [0.4, 0.5) is 10.1 Å². The Bertz CT molecular complexity index is 868. The fourth-order valence-electron chi connectivity index (χ4n) is 2.36. The third-order valence-electron chi connectivity index (χ3n) is 3.49. The maximum Gasteiger partial charge on any atom is 0.290 e. The molecule has 3 aromatic rings. The summed E-state index contributed by atoms with van der Waals surface area (Å²) in [6.45, 7) is 0.148. The number of nitrogens with one attached hydrogen (secondary N) is 1. The number of amides is 1. The Hall–Kier alpha value is -2.72. The summed E-state index contributed by atoms with van der Waals surface area (Å²) in [5.74, 6) is -0.729. The second-order valence-corrected chi connectivity index (χ2v) is 5.72. The smallest absolute Gasteiger partial charge is 0.290 e. The van der Waals surface area contributed by atoms with Gasteiger partial charge in [-0.05, 0) is 29.8 Å². The Morgan fingerprint density at radius 3 is 2.54 bits per heavy atom. The van der Waals surface area contributed by atoms with Crippen molar-refractivity contribution in [3.8, 4) is 11.1 Å². The number of benzene rings is 2. The van der Waals surface area contributed by atoms with Gasteiger partial charge in [0.1, 0.15) is 5.82 Å². The van der Waals surface area contributed by atoms with Crippen molar-refractivity contribution in [3.63, 3.8) is 0 Å². The standard InChI is InChI=1S/C19H14ClFN2O/c20-17-11-16(8-9-18(17)21)22-19(24)13-23-10-4-7-15(12-23)14-5-2-1-3-6-14/h1-12H,13H2/p+1. The molecular weight excluding hydrogens is 327 g/mol. The molecule has 120 valence electrons. The van der Waals surface area contributed by atoms with Gasteiger partial charge in [0.05, 0.1) is 5.02 Å². The number of hydrogen-bond donors (Lipinski definition) is 1. The minimum absolute atomic E-state index is 0.0217. The average molecular weight is 342 g/mol. The van der Waals surface area contributed by atoms with Crippen molar-refractivity contribution in [3.05, 3.63) is 83.9 Å². The maximum atomic E-state index is 13.1. The van der Waals surface area contributed by atoms with E-state index in [0.717, 1.165) is 11.1 Å². The lowest BCUT2D eigenvalue weighted by molar-refractivity contribution is -0.683. The number of rotatable bonds is 4. The van der Waals surface area contributed by atoms with Crippen LogP contribution < -0.4 is 9.88 Å². The highest BCUT2D eigenvalue weighted by Crippen LogP contribution is 2.19. The number of carbonyl (C=O) groups is 1. The van der Waals surface area contributed by atoms with E-state index in [-0.39, 0.29) is 17.5 Å². The van der Waals surface area contributed by atoms with Gasteiger partial charge in [0.25, 0.3) is 5.91 Å². The lowest BCUT2D eigenvalue weighted by Crippen LogP contribution is -2.39. The van der Waals surface area contributed by atoms with E-state index in [1.54, 1.807) is 4.57 Å². The first kappa shape index (κ1) is 16.1. The second-order valence-electron chi connectivity index (χ2n) is 5.31. The SMILES string of the molecule is O=C(C[n+]1cccc(-c2ccccc2)c1)Nc1ccc(F)c(Cl)c1. The molecule has 0 bridgehead atoms. The molecule has 0 spiro atoms. The molecule has 0 saturated heterocycles. The van der Waals surface area contributed by atoms with E-state index in [9.17, 15) is 9.18 Å². The van der Waals surface area contributed by atoms with E-state index in [1.165, 1.54) is 18.2 Å². The zero-order valence-corrected chi connectivity index (χ0v) is 13.5. The first-order chi connectivity index (χ1) is 11.6. The molecular formula is C19H15ClFN2O+. The minimum Gasteiger partial charge on any atom is -0.321 e. The summed E-state index contributed by atoms with van der Waals surface area (Å²) < 4.78 is 14.9. The Kier molecular flexibility index (Phi) is 4.87.